The highest BCUT2D eigenvalue weighted by molar-refractivity contribution is 6.07. The zero-order valence-electron chi connectivity index (χ0n) is 24.6. The number of fused-ring (bicyclic) bond motifs is 2. The summed E-state index contributed by atoms with van der Waals surface area (Å²) in [6.45, 7) is 4.12. The van der Waals surface area contributed by atoms with Gasteiger partial charge in [-0.3, -0.25) is 4.79 Å². The first-order valence-corrected chi connectivity index (χ1v) is 15.2. The molecule has 6 heteroatoms. The second-order valence-electron chi connectivity index (χ2n) is 11.4. The van der Waals surface area contributed by atoms with Gasteiger partial charge < -0.3 is 19.7 Å². The van der Waals surface area contributed by atoms with Crippen molar-refractivity contribution in [2.24, 2.45) is 0 Å². The largest absolute Gasteiger partial charge is 0.363 e. The van der Waals surface area contributed by atoms with Crippen molar-refractivity contribution in [2.45, 2.75) is 26.2 Å². The molecule has 0 unspecified atom stereocenters. The maximum atomic E-state index is 14.1. The summed E-state index contributed by atoms with van der Waals surface area (Å²) in [6.07, 6.45) is 3.67. The number of amides is 1. The molecule has 6 aromatic rings. The lowest BCUT2D eigenvalue weighted by atomic mass is 10.0. The normalized spacial score (nSPS) is 13.0. The Hall–Kier alpha value is -5.36. The number of aromatic amines is 1. The van der Waals surface area contributed by atoms with Crippen molar-refractivity contribution in [3.8, 4) is 0 Å². The van der Waals surface area contributed by atoms with Crippen LogP contribution in [-0.2, 0) is 26.2 Å². The second kappa shape index (κ2) is 12.5. The van der Waals surface area contributed by atoms with E-state index in [2.05, 4.69) is 111 Å². The van der Waals surface area contributed by atoms with Gasteiger partial charge in [0.05, 0.1) is 18.6 Å². The van der Waals surface area contributed by atoms with E-state index in [0.29, 0.717) is 26.2 Å². The monoisotopic (exact) mass is 577 g/mol. The Morgan fingerprint density at radius 3 is 2.20 bits per heavy atom. The predicted molar refractivity (Wildman–Crippen MR) is 178 cm³/mol. The van der Waals surface area contributed by atoms with E-state index in [1.54, 1.807) is 6.33 Å². The third-order valence-electron chi connectivity index (χ3n) is 8.42. The molecule has 7 rings (SSSR count). The summed E-state index contributed by atoms with van der Waals surface area (Å²) in [6, 6.07) is 42.1. The van der Waals surface area contributed by atoms with Crippen LogP contribution in [-0.4, -0.2) is 33.9 Å². The molecule has 0 saturated heterocycles. The maximum Gasteiger partial charge on any atom is 0.254 e. The second-order valence-corrected chi connectivity index (χ2v) is 11.4. The Kier molecular flexibility index (Phi) is 7.79. The number of H-pyrrole nitrogens is 1. The number of rotatable bonds is 8. The summed E-state index contributed by atoms with van der Waals surface area (Å²) in [5, 5.41) is 2.07. The van der Waals surface area contributed by atoms with E-state index in [1.165, 1.54) is 11.1 Å². The third kappa shape index (κ3) is 5.92. The van der Waals surface area contributed by atoms with Crippen molar-refractivity contribution in [3.05, 3.63) is 162 Å². The molecule has 0 spiro atoms. The van der Waals surface area contributed by atoms with E-state index >= 15 is 0 Å². The van der Waals surface area contributed by atoms with Crippen LogP contribution in [0.3, 0.4) is 0 Å². The van der Waals surface area contributed by atoms with Gasteiger partial charge >= 0.3 is 0 Å². The summed E-state index contributed by atoms with van der Waals surface area (Å²) in [7, 11) is 0. The Balaban J connectivity index is 1.25. The zero-order chi connectivity index (χ0) is 29.7. The molecule has 1 N–H and O–H groups in total. The molecule has 0 aliphatic carbocycles. The molecule has 0 bridgehead atoms. The number of nitrogens with zero attached hydrogens (tertiary/aromatic N) is 4. The van der Waals surface area contributed by atoms with Crippen LogP contribution in [0.25, 0.3) is 10.8 Å². The van der Waals surface area contributed by atoms with Gasteiger partial charge in [-0.25, -0.2) is 4.98 Å². The number of carbonyl (C=O) groups excluding carboxylic acids is 1. The van der Waals surface area contributed by atoms with Crippen LogP contribution < -0.4 is 9.80 Å². The van der Waals surface area contributed by atoms with Gasteiger partial charge in [-0.15, -0.1) is 0 Å². The van der Waals surface area contributed by atoms with E-state index in [-0.39, 0.29) is 5.91 Å². The average Bonchev–Trinajstić information content (AvgIpc) is 3.52. The van der Waals surface area contributed by atoms with E-state index in [4.69, 9.17) is 0 Å². The third-order valence-corrected chi connectivity index (χ3v) is 8.42. The minimum absolute atomic E-state index is 0.0632. The molecule has 1 aromatic heterocycles. The van der Waals surface area contributed by atoms with Crippen LogP contribution in [0, 0.1) is 0 Å². The van der Waals surface area contributed by atoms with E-state index in [0.717, 1.165) is 52.1 Å². The Morgan fingerprint density at radius 2 is 1.48 bits per heavy atom. The Labute approximate surface area is 258 Å². The minimum atomic E-state index is 0.0632. The molecule has 0 radical (unpaired) electrons. The van der Waals surface area contributed by atoms with Crippen LogP contribution in [0.1, 0.15) is 32.7 Å². The molecule has 1 aliphatic heterocycles. The van der Waals surface area contributed by atoms with Gasteiger partial charge in [0.1, 0.15) is 0 Å². The number of nitrogens with one attached hydrogen (secondary N) is 1. The molecule has 6 nitrogen and oxygen atoms in total. The van der Waals surface area contributed by atoms with Crippen LogP contribution >= 0.6 is 0 Å². The van der Waals surface area contributed by atoms with Crippen molar-refractivity contribution in [1.82, 2.24) is 14.9 Å². The fraction of sp³-hybridized carbons (Fsp3) is 0.158. The maximum absolute atomic E-state index is 14.1. The number of carbonyl (C=O) groups is 1. The highest BCUT2D eigenvalue weighted by atomic mass is 16.2. The number of aromatic nitrogens is 2. The van der Waals surface area contributed by atoms with Crippen molar-refractivity contribution in [2.75, 3.05) is 22.9 Å². The standard InChI is InChI=1S/C38H35N5O/c44-38(36-17-9-15-31-14-7-8-16-35(31)36)42-21-20-41(27-33-23-39-28-40-33)37-22-34(19-18-32(37)26-42)43(24-29-10-3-1-4-11-29)25-30-12-5-2-6-13-30/h1-19,22-23,28H,20-21,24-27H2,(H,39,40). The molecule has 5 aromatic carbocycles. The first-order chi connectivity index (χ1) is 21.7. The molecule has 44 heavy (non-hydrogen) atoms. The van der Waals surface area contributed by atoms with Gasteiger partial charge in [-0.2, -0.15) is 0 Å². The summed E-state index contributed by atoms with van der Waals surface area (Å²) in [5.41, 5.74) is 7.67. The first kappa shape index (κ1) is 27.5. The van der Waals surface area contributed by atoms with Gasteiger partial charge in [0, 0.05) is 55.9 Å². The Bertz CT molecular complexity index is 1810. The molecule has 0 fully saturated rings. The first-order valence-electron chi connectivity index (χ1n) is 15.2. The van der Waals surface area contributed by atoms with Gasteiger partial charge in [0.15, 0.2) is 0 Å². The number of anilines is 2. The average molecular weight is 578 g/mol. The van der Waals surface area contributed by atoms with Crippen LogP contribution in [0.15, 0.2) is 134 Å². The fourth-order valence-corrected chi connectivity index (χ4v) is 6.16. The molecular weight excluding hydrogens is 542 g/mol. The lowest BCUT2D eigenvalue weighted by Gasteiger charge is -2.29. The number of hydrogen-bond donors (Lipinski definition) is 1. The highest BCUT2D eigenvalue weighted by Crippen LogP contribution is 2.33. The SMILES string of the molecule is O=C(c1cccc2ccccc12)N1CCN(Cc2c[nH]cn2)c2cc(N(Cc3ccccc3)Cc3ccccc3)ccc2C1. The van der Waals surface area contributed by atoms with Crippen molar-refractivity contribution >= 4 is 28.1 Å². The lowest BCUT2D eigenvalue weighted by Crippen LogP contribution is -2.35. The fourth-order valence-electron chi connectivity index (χ4n) is 6.16. The van der Waals surface area contributed by atoms with Crippen LogP contribution in [0.4, 0.5) is 11.4 Å². The smallest absolute Gasteiger partial charge is 0.254 e. The summed E-state index contributed by atoms with van der Waals surface area (Å²) < 4.78 is 0. The summed E-state index contributed by atoms with van der Waals surface area (Å²) in [4.78, 5) is 28.5. The van der Waals surface area contributed by atoms with Crippen LogP contribution in [0.5, 0.6) is 0 Å². The number of imidazole rings is 1. The van der Waals surface area contributed by atoms with Crippen molar-refractivity contribution in [1.29, 1.82) is 0 Å². The van der Waals surface area contributed by atoms with E-state index < -0.39 is 0 Å². The molecule has 2 heterocycles. The predicted octanol–water partition coefficient (Wildman–Crippen LogP) is 7.43. The quantitative estimate of drug-likeness (QED) is 0.204. The highest BCUT2D eigenvalue weighted by Gasteiger charge is 2.26. The molecule has 0 saturated carbocycles. The number of hydrogen-bond acceptors (Lipinski definition) is 4. The van der Waals surface area contributed by atoms with E-state index in [9.17, 15) is 4.79 Å². The topological polar surface area (TPSA) is 55.5 Å². The van der Waals surface area contributed by atoms with Crippen molar-refractivity contribution in [3.63, 3.8) is 0 Å². The van der Waals surface area contributed by atoms with Gasteiger partial charge in [-0.1, -0.05) is 103 Å². The number of benzene rings is 5. The van der Waals surface area contributed by atoms with Crippen LogP contribution in [0.2, 0.25) is 0 Å². The molecule has 0 atom stereocenters. The Morgan fingerprint density at radius 1 is 0.773 bits per heavy atom. The molecular formula is C38H35N5O. The summed E-state index contributed by atoms with van der Waals surface area (Å²) in [5.74, 6) is 0.0632. The van der Waals surface area contributed by atoms with Gasteiger partial charge in [-0.05, 0) is 45.7 Å². The minimum Gasteiger partial charge on any atom is -0.363 e. The van der Waals surface area contributed by atoms with Gasteiger partial charge in [0.2, 0.25) is 0 Å². The van der Waals surface area contributed by atoms with Gasteiger partial charge in [0.25, 0.3) is 5.91 Å². The van der Waals surface area contributed by atoms with E-state index in [1.807, 2.05) is 41.4 Å². The molecule has 1 amide bonds. The summed E-state index contributed by atoms with van der Waals surface area (Å²) >= 11 is 0. The molecule has 218 valence electrons. The molecule has 1 aliphatic rings. The lowest BCUT2D eigenvalue weighted by molar-refractivity contribution is 0.0753. The van der Waals surface area contributed by atoms with Crippen molar-refractivity contribution < 1.29 is 4.79 Å². The zero-order valence-corrected chi connectivity index (χ0v) is 24.6.